The third-order valence-corrected chi connectivity index (χ3v) is 1.96. The maximum atomic E-state index is 4.47. The lowest BCUT2D eigenvalue weighted by Gasteiger charge is -2.24. The molecule has 0 aromatic rings. The van der Waals surface area contributed by atoms with Gasteiger partial charge in [-0.2, -0.15) is 0 Å². The molecule has 1 atom stereocenters. The topological polar surface area (TPSA) is 15.6 Å². The Kier molecular flexibility index (Phi) is 2.32. The van der Waals surface area contributed by atoms with Crippen molar-refractivity contribution in [2.45, 2.75) is 20.3 Å². The Hall–Kier alpha value is -0.790. The van der Waals surface area contributed by atoms with Gasteiger partial charge in [0.15, 0.2) is 0 Å². The van der Waals surface area contributed by atoms with Crippen molar-refractivity contribution in [3.05, 3.63) is 11.8 Å². The fraction of sp³-hybridized carbons (Fsp3) is 0.667. The molecule has 62 valence electrons. The Bertz CT molecular complexity index is 202. The number of nitrogens with zero attached hydrogens (tertiary/aromatic N) is 2. The van der Waals surface area contributed by atoms with E-state index in [1.54, 1.807) is 0 Å². The summed E-state index contributed by atoms with van der Waals surface area (Å²) in [5.74, 6) is 1.78. The molecular weight excluding hydrogens is 136 g/mol. The van der Waals surface area contributed by atoms with E-state index in [9.17, 15) is 0 Å². The smallest absolute Gasteiger partial charge is 0.107 e. The lowest BCUT2D eigenvalue weighted by molar-refractivity contribution is 0.554. The van der Waals surface area contributed by atoms with Gasteiger partial charge in [0.2, 0.25) is 0 Å². The molecule has 1 heterocycles. The predicted molar refractivity (Wildman–Crippen MR) is 48.7 cm³/mol. The van der Waals surface area contributed by atoms with Gasteiger partial charge in [0.25, 0.3) is 0 Å². The van der Waals surface area contributed by atoms with Gasteiger partial charge < -0.3 is 4.90 Å². The van der Waals surface area contributed by atoms with Crippen LogP contribution in [0, 0.1) is 5.92 Å². The average molecular weight is 152 g/mol. The largest absolute Gasteiger partial charge is 0.366 e. The molecule has 1 aliphatic rings. The zero-order valence-corrected chi connectivity index (χ0v) is 7.76. The van der Waals surface area contributed by atoms with Crippen LogP contribution in [0.2, 0.25) is 0 Å². The summed E-state index contributed by atoms with van der Waals surface area (Å²) in [5.41, 5.74) is 1.15. The zero-order valence-electron chi connectivity index (χ0n) is 7.76. The number of hydrogen-bond donors (Lipinski definition) is 0. The third-order valence-electron chi connectivity index (χ3n) is 1.96. The Morgan fingerprint density at radius 3 is 2.64 bits per heavy atom. The average Bonchev–Trinajstić information content (AvgIpc) is 1.94. The molecule has 0 radical (unpaired) electrons. The maximum Gasteiger partial charge on any atom is 0.107 e. The quantitative estimate of drug-likeness (QED) is 0.517. The van der Waals surface area contributed by atoms with Crippen molar-refractivity contribution < 1.29 is 0 Å². The lowest BCUT2D eigenvalue weighted by atomic mass is 10.0. The van der Waals surface area contributed by atoms with Crippen molar-refractivity contribution in [3.8, 4) is 0 Å². The second kappa shape index (κ2) is 3.07. The first-order chi connectivity index (χ1) is 5.11. The second-order valence-corrected chi connectivity index (χ2v) is 3.35. The minimum Gasteiger partial charge on any atom is -0.366 e. The maximum absolute atomic E-state index is 4.47. The first-order valence-corrected chi connectivity index (χ1v) is 4.04. The number of amidine groups is 1. The summed E-state index contributed by atoms with van der Waals surface area (Å²) in [6.07, 6.45) is 3.32. The molecule has 2 nitrogen and oxygen atoms in total. The molecule has 0 saturated carbocycles. The van der Waals surface area contributed by atoms with E-state index in [0.29, 0.717) is 5.92 Å². The number of allylic oxidation sites excluding steroid dienone is 2. The molecule has 0 aromatic heterocycles. The highest BCUT2D eigenvalue weighted by atomic mass is 15.1. The highest BCUT2D eigenvalue weighted by Crippen LogP contribution is 2.16. The Morgan fingerprint density at radius 2 is 2.18 bits per heavy atom. The van der Waals surface area contributed by atoms with Gasteiger partial charge in [0.05, 0.1) is 0 Å². The summed E-state index contributed by atoms with van der Waals surface area (Å²) in [5, 5.41) is 0. The Morgan fingerprint density at radius 1 is 1.55 bits per heavy atom. The molecule has 0 amide bonds. The van der Waals surface area contributed by atoms with E-state index in [4.69, 9.17) is 0 Å². The molecule has 0 saturated heterocycles. The molecular formula is C9H16N2. The van der Waals surface area contributed by atoms with Crippen LogP contribution in [0.25, 0.3) is 0 Å². The van der Waals surface area contributed by atoms with Crippen LogP contribution in [0.1, 0.15) is 20.3 Å². The van der Waals surface area contributed by atoms with Crippen molar-refractivity contribution in [3.63, 3.8) is 0 Å². The van der Waals surface area contributed by atoms with E-state index in [1.807, 2.05) is 14.1 Å². The molecule has 11 heavy (non-hydrogen) atoms. The summed E-state index contributed by atoms with van der Waals surface area (Å²) in [6, 6.07) is 0. The van der Waals surface area contributed by atoms with E-state index in [-0.39, 0.29) is 0 Å². The van der Waals surface area contributed by atoms with Gasteiger partial charge in [-0.05, 0) is 13.3 Å². The summed E-state index contributed by atoms with van der Waals surface area (Å²) < 4.78 is 0. The predicted octanol–water partition coefficient (Wildman–Crippen LogP) is 1.89. The summed E-state index contributed by atoms with van der Waals surface area (Å²) in [6.45, 7) is 4.26. The molecule has 0 spiro atoms. The molecule has 2 heteroatoms. The first-order valence-electron chi connectivity index (χ1n) is 4.04. The van der Waals surface area contributed by atoms with Crippen LogP contribution in [-0.2, 0) is 0 Å². The summed E-state index contributed by atoms with van der Waals surface area (Å²) in [7, 11) is 4.10. The van der Waals surface area contributed by atoms with E-state index in [0.717, 1.165) is 12.1 Å². The minimum atomic E-state index is 0.577. The van der Waals surface area contributed by atoms with Gasteiger partial charge >= 0.3 is 0 Å². The number of rotatable bonds is 0. The normalized spacial score (nSPS) is 24.2. The second-order valence-electron chi connectivity index (χ2n) is 3.35. The van der Waals surface area contributed by atoms with Gasteiger partial charge in [-0.3, -0.25) is 0 Å². The fourth-order valence-corrected chi connectivity index (χ4v) is 1.33. The van der Waals surface area contributed by atoms with Gasteiger partial charge in [-0.25, -0.2) is 4.99 Å². The van der Waals surface area contributed by atoms with Gasteiger partial charge in [0.1, 0.15) is 5.84 Å². The number of aliphatic imine (C=N–C) groups is 1. The third kappa shape index (κ3) is 1.82. The van der Waals surface area contributed by atoms with Crippen LogP contribution in [0.3, 0.4) is 0 Å². The first kappa shape index (κ1) is 8.31. The lowest BCUT2D eigenvalue weighted by Crippen LogP contribution is -2.29. The van der Waals surface area contributed by atoms with Crippen LogP contribution in [-0.4, -0.2) is 24.8 Å². The summed E-state index contributed by atoms with van der Waals surface area (Å²) >= 11 is 0. The Balaban J connectivity index is 2.81. The highest BCUT2D eigenvalue weighted by Gasteiger charge is 2.14. The molecule has 0 N–H and O–H groups in total. The van der Waals surface area contributed by atoms with Crippen molar-refractivity contribution in [2.75, 3.05) is 14.1 Å². The molecule has 0 bridgehead atoms. The van der Waals surface area contributed by atoms with Crippen LogP contribution in [0.5, 0.6) is 0 Å². The fourth-order valence-electron chi connectivity index (χ4n) is 1.33. The van der Waals surface area contributed by atoms with Gasteiger partial charge in [0, 0.05) is 25.7 Å². The molecule has 1 unspecified atom stereocenters. The van der Waals surface area contributed by atoms with Gasteiger partial charge in [-0.15, -0.1) is 0 Å². The molecule has 0 aromatic carbocycles. The Labute approximate surface area is 68.6 Å². The monoisotopic (exact) mass is 152 g/mol. The van der Waals surface area contributed by atoms with Crippen molar-refractivity contribution in [1.29, 1.82) is 0 Å². The SMILES string of the molecule is CC1=CCC(C)C(N(C)C)=N1. The molecule has 0 fully saturated rings. The van der Waals surface area contributed by atoms with Crippen LogP contribution in [0.15, 0.2) is 16.8 Å². The van der Waals surface area contributed by atoms with Crippen LogP contribution < -0.4 is 0 Å². The van der Waals surface area contributed by atoms with Gasteiger partial charge in [-0.1, -0.05) is 13.0 Å². The van der Waals surface area contributed by atoms with E-state index < -0.39 is 0 Å². The molecule has 1 rings (SSSR count). The van der Waals surface area contributed by atoms with Crippen molar-refractivity contribution >= 4 is 5.84 Å². The number of hydrogen-bond acceptors (Lipinski definition) is 2. The van der Waals surface area contributed by atoms with E-state index in [2.05, 4.69) is 29.8 Å². The summed E-state index contributed by atoms with van der Waals surface area (Å²) in [4.78, 5) is 6.56. The van der Waals surface area contributed by atoms with Crippen molar-refractivity contribution in [1.82, 2.24) is 4.90 Å². The van der Waals surface area contributed by atoms with Crippen molar-refractivity contribution in [2.24, 2.45) is 10.9 Å². The van der Waals surface area contributed by atoms with Crippen LogP contribution >= 0.6 is 0 Å². The zero-order chi connectivity index (χ0) is 8.43. The van der Waals surface area contributed by atoms with Crippen LogP contribution in [0.4, 0.5) is 0 Å². The minimum absolute atomic E-state index is 0.577. The van der Waals surface area contributed by atoms with E-state index >= 15 is 0 Å². The molecule has 0 aliphatic carbocycles. The standard InChI is InChI=1S/C9H16N2/c1-7-5-6-8(2)10-9(7)11(3)4/h6-7H,5H2,1-4H3. The molecule has 1 aliphatic heterocycles. The highest BCUT2D eigenvalue weighted by molar-refractivity contribution is 5.85. The van der Waals surface area contributed by atoms with E-state index in [1.165, 1.54) is 5.84 Å².